The number of nitrogens with zero attached hydrogens (tertiary/aromatic N) is 5. The minimum atomic E-state index is 0.313. The van der Waals surface area contributed by atoms with Gasteiger partial charge < -0.3 is 19.5 Å². The lowest BCUT2D eigenvalue weighted by Crippen LogP contribution is -2.23. The van der Waals surface area contributed by atoms with Crippen molar-refractivity contribution in [2.45, 2.75) is 44.9 Å². The van der Waals surface area contributed by atoms with Crippen LogP contribution in [-0.4, -0.2) is 44.9 Å². The predicted molar refractivity (Wildman–Crippen MR) is 121 cm³/mol. The van der Waals surface area contributed by atoms with Gasteiger partial charge in [-0.3, -0.25) is 5.10 Å². The number of H-pyrrole nitrogens is 1. The van der Waals surface area contributed by atoms with Gasteiger partial charge in [0.25, 0.3) is 0 Å². The van der Waals surface area contributed by atoms with E-state index >= 15 is 0 Å². The van der Waals surface area contributed by atoms with E-state index in [2.05, 4.69) is 55.2 Å². The molecule has 0 spiro atoms. The van der Waals surface area contributed by atoms with E-state index in [1.807, 2.05) is 6.33 Å². The molecule has 1 saturated carbocycles. The van der Waals surface area contributed by atoms with Crippen molar-refractivity contribution < 1.29 is 4.74 Å². The van der Waals surface area contributed by atoms with Gasteiger partial charge >= 0.3 is 0 Å². The Bertz CT molecular complexity index is 1110. The number of ether oxygens (including phenoxy) is 1. The number of aromatic nitrogens is 5. The fourth-order valence-corrected chi connectivity index (χ4v) is 5.41. The Morgan fingerprint density at radius 3 is 2.97 bits per heavy atom. The minimum absolute atomic E-state index is 0.313. The van der Waals surface area contributed by atoms with E-state index in [9.17, 15) is 0 Å². The molecule has 3 aromatic rings. The molecular weight excluding hydrogens is 402 g/mol. The summed E-state index contributed by atoms with van der Waals surface area (Å²) in [5, 5.41) is 11.4. The molecule has 2 fully saturated rings. The minimum Gasteiger partial charge on any atom is -0.378 e. The lowest BCUT2D eigenvalue weighted by atomic mass is 10.1. The van der Waals surface area contributed by atoms with Gasteiger partial charge in [-0.25, -0.2) is 9.97 Å². The molecule has 2 aliphatic carbocycles. The third-order valence-corrected chi connectivity index (χ3v) is 7.32. The molecule has 8 nitrogen and oxygen atoms in total. The first-order valence-corrected chi connectivity index (χ1v) is 11.7. The molecule has 3 aromatic heterocycles. The molecule has 3 aliphatic rings. The highest BCUT2D eigenvalue weighted by molar-refractivity contribution is 5.45. The van der Waals surface area contributed by atoms with E-state index in [0.29, 0.717) is 12.6 Å². The molecular formula is C24H31N7O. The molecule has 168 valence electrons. The normalized spacial score (nSPS) is 23.6. The number of imidazole rings is 1. The average Bonchev–Trinajstić information content (AvgIpc) is 3.25. The monoisotopic (exact) mass is 433 g/mol. The van der Waals surface area contributed by atoms with Crippen molar-refractivity contribution in [3.63, 3.8) is 0 Å². The highest BCUT2D eigenvalue weighted by Gasteiger charge is 2.45. The van der Waals surface area contributed by atoms with Crippen LogP contribution in [0.4, 0.5) is 5.82 Å². The van der Waals surface area contributed by atoms with Gasteiger partial charge in [0, 0.05) is 51.6 Å². The molecule has 3 atom stereocenters. The number of aromatic amines is 1. The molecule has 2 N–H and O–H groups in total. The first-order valence-electron chi connectivity index (χ1n) is 11.7. The molecule has 1 saturated heterocycles. The molecule has 0 bridgehead atoms. The van der Waals surface area contributed by atoms with E-state index in [4.69, 9.17) is 9.72 Å². The first-order chi connectivity index (χ1) is 15.7. The van der Waals surface area contributed by atoms with Gasteiger partial charge in [0.05, 0.1) is 36.1 Å². The van der Waals surface area contributed by atoms with Gasteiger partial charge in [0.1, 0.15) is 5.82 Å². The summed E-state index contributed by atoms with van der Waals surface area (Å²) in [5.74, 6) is 2.88. The van der Waals surface area contributed by atoms with Crippen molar-refractivity contribution in [2.75, 3.05) is 25.1 Å². The molecule has 32 heavy (non-hydrogen) atoms. The summed E-state index contributed by atoms with van der Waals surface area (Å²) in [7, 11) is 3.81. The Morgan fingerprint density at radius 2 is 2.12 bits per heavy atom. The summed E-state index contributed by atoms with van der Waals surface area (Å²) in [6.45, 7) is 3.57. The maximum atomic E-state index is 5.46. The largest absolute Gasteiger partial charge is 0.378 e. The predicted octanol–water partition coefficient (Wildman–Crippen LogP) is 2.51. The maximum absolute atomic E-state index is 5.46. The number of piperidine rings is 1. The number of fused-ring (bicyclic) bond motifs is 2. The Morgan fingerprint density at radius 1 is 1.25 bits per heavy atom. The molecule has 2 unspecified atom stereocenters. The van der Waals surface area contributed by atoms with Gasteiger partial charge in [-0.05, 0) is 48.8 Å². The first kappa shape index (κ1) is 19.9. The third kappa shape index (κ3) is 3.71. The SMILES string of the molecule is COCc1nc(N2CC3CC3C2)ccc1Cc1cc(CN[C@@H]2CCc3c2ncn3C)n[nH]1. The highest BCUT2D eigenvalue weighted by atomic mass is 16.5. The summed E-state index contributed by atoms with van der Waals surface area (Å²) >= 11 is 0. The quantitative estimate of drug-likeness (QED) is 0.568. The van der Waals surface area contributed by atoms with E-state index < -0.39 is 0 Å². The molecule has 0 amide bonds. The van der Waals surface area contributed by atoms with Gasteiger partial charge in [-0.2, -0.15) is 5.10 Å². The number of anilines is 1. The van der Waals surface area contributed by atoms with Crippen molar-refractivity contribution >= 4 is 5.82 Å². The lowest BCUT2D eigenvalue weighted by molar-refractivity contribution is 0.181. The van der Waals surface area contributed by atoms with Gasteiger partial charge in [0.2, 0.25) is 0 Å². The second-order valence-electron chi connectivity index (χ2n) is 9.59. The maximum Gasteiger partial charge on any atom is 0.128 e. The zero-order valence-electron chi connectivity index (χ0n) is 18.8. The third-order valence-electron chi connectivity index (χ3n) is 7.32. The highest BCUT2D eigenvalue weighted by Crippen LogP contribution is 2.46. The Balaban J connectivity index is 1.11. The van der Waals surface area contributed by atoms with Crippen molar-refractivity contribution in [1.82, 2.24) is 30.0 Å². The molecule has 0 radical (unpaired) electrons. The van der Waals surface area contributed by atoms with E-state index in [-0.39, 0.29) is 0 Å². The van der Waals surface area contributed by atoms with Crippen LogP contribution in [-0.2, 0) is 37.8 Å². The van der Waals surface area contributed by atoms with Crippen LogP contribution in [0.15, 0.2) is 24.5 Å². The summed E-state index contributed by atoms with van der Waals surface area (Å²) in [6, 6.07) is 6.84. The van der Waals surface area contributed by atoms with E-state index in [1.165, 1.54) is 23.4 Å². The second-order valence-corrected chi connectivity index (χ2v) is 9.59. The van der Waals surface area contributed by atoms with Crippen molar-refractivity contribution in [3.8, 4) is 0 Å². The Kier molecular flexibility index (Phi) is 4.99. The van der Waals surface area contributed by atoms with Crippen molar-refractivity contribution in [3.05, 3.63) is 58.6 Å². The zero-order valence-corrected chi connectivity index (χ0v) is 18.8. The van der Waals surface area contributed by atoms with Crippen LogP contribution in [0.3, 0.4) is 0 Å². The number of nitrogens with one attached hydrogen (secondary N) is 2. The number of methoxy groups -OCH3 is 1. The Hall–Kier alpha value is -2.71. The standard InChI is InChI=1S/C24H31N7O/c1-30-14-26-24-20(4-5-22(24)30)25-10-19-9-18(28-29-19)8-15-3-6-23(27-21(15)13-32-2)31-11-16-7-17(16)12-31/h3,6,9,14,16-17,20,25H,4-5,7-8,10-13H2,1-2H3,(H,28,29)/t16?,17?,20-/m1/s1. The van der Waals surface area contributed by atoms with Crippen LogP contribution in [0.5, 0.6) is 0 Å². The molecule has 4 heterocycles. The Labute approximate surface area is 188 Å². The van der Waals surface area contributed by atoms with Crippen LogP contribution in [0.25, 0.3) is 0 Å². The molecule has 0 aromatic carbocycles. The smallest absolute Gasteiger partial charge is 0.128 e. The van der Waals surface area contributed by atoms with Gasteiger partial charge in [0.15, 0.2) is 0 Å². The van der Waals surface area contributed by atoms with E-state index in [0.717, 1.165) is 73.6 Å². The number of hydrogen-bond acceptors (Lipinski definition) is 6. The number of aryl methyl sites for hydroxylation is 1. The summed E-state index contributed by atoms with van der Waals surface area (Å²) in [6.07, 6.45) is 6.27. The zero-order chi connectivity index (χ0) is 21.7. The topological polar surface area (TPSA) is 83.9 Å². The van der Waals surface area contributed by atoms with Gasteiger partial charge in [-0.1, -0.05) is 6.07 Å². The lowest BCUT2D eigenvalue weighted by Gasteiger charge is -2.20. The summed E-state index contributed by atoms with van der Waals surface area (Å²) in [5.41, 5.74) is 6.87. The summed E-state index contributed by atoms with van der Waals surface area (Å²) < 4.78 is 7.59. The number of hydrogen-bond donors (Lipinski definition) is 2. The van der Waals surface area contributed by atoms with E-state index in [1.54, 1.807) is 7.11 Å². The van der Waals surface area contributed by atoms with Crippen LogP contribution in [0, 0.1) is 11.8 Å². The summed E-state index contributed by atoms with van der Waals surface area (Å²) in [4.78, 5) is 12.0. The fraction of sp³-hybridized carbons (Fsp3) is 0.542. The van der Waals surface area contributed by atoms with Crippen molar-refractivity contribution in [2.24, 2.45) is 18.9 Å². The molecule has 1 aliphatic heterocycles. The van der Waals surface area contributed by atoms with Gasteiger partial charge in [-0.15, -0.1) is 0 Å². The van der Waals surface area contributed by atoms with Crippen LogP contribution in [0.1, 0.15) is 52.9 Å². The van der Waals surface area contributed by atoms with Crippen LogP contribution < -0.4 is 10.2 Å². The molecule has 6 rings (SSSR count). The molecule has 8 heteroatoms. The van der Waals surface area contributed by atoms with Crippen molar-refractivity contribution in [1.29, 1.82) is 0 Å². The average molecular weight is 434 g/mol. The number of pyridine rings is 1. The van der Waals surface area contributed by atoms with Crippen LogP contribution >= 0.6 is 0 Å². The fourth-order valence-electron chi connectivity index (χ4n) is 5.41. The number of rotatable bonds is 8. The second kappa shape index (κ2) is 8.01. The van der Waals surface area contributed by atoms with Crippen LogP contribution in [0.2, 0.25) is 0 Å².